The van der Waals surface area contributed by atoms with Crippen molar-refractivity contribution in [2.75, 3.05) is 20.2 Å². The summed E-state index contributed by atoms with van der Waals surface area (Å²) in [7, 11) is 1.71. The van der Waals surface area contributed by atoms with Gasteiger partial charge in [0.15, 0.2) is 5.96 Å². The Morgan fingerprint density at radius 2 is 2.00 bits per heavy atom. The fraction of sp³-hybridized carbons (Fsp3) is 0.562. The van der Waals surface area contributed by atoms with Crippen molar-refractivity contribution >= 4 is 29.9 Å². The van der Waals surface area contributed by atoms with Crippen molar-refractivity contribution in [2.24, 2.45) is 16.6 Å². The van der Waals surface area contributed by atoms with E-state index in [9.17, 15) is 0 Å². The number of guanidine groups is 1. The molecule has 1 aromatic rings. The molecule has 1 aliphatic heterocycles. The number of nitrogens with zero attached hydrogens (tertiary/aromatic N) is 2. The Balaban J connectivity index is 0.00000220. The van der Waals surface area contributed by atoms with Crippen molar-refractivity contribution in [3.63, 3.8) is 0 Å². The smallest absolute Gasteiger partial charge is 0.191 e. The van der Waals surface area contributed by atoms with Gasteiger partial charge in [-0.3, -0.25) is 0 Å². The van der Waals surface area contributed by atoms with Crippen molar-refractivity contribution < 1.29 is 4.74 Å². The summed E-state index contributed by atoms with van der Waals surface area (Å²) in [5.41, 5.74) is 8.44. The van der Waals surface area contributed by atoms with Gasteiger partial charge in [0.05, 0.1) is 13.2 Å². The molecular formula is C16H26IN3O. The SMILES string of the molecule is COCc1cccc(CN=C(N)N2CCC(C)CC2)c1.I. The number of ether oxygens (including phenoxy) is 1. The summed E-state index contributed by atoms with van der Waals surface area (Å²) in [4.78, 5) is 6.72. The van der Waals surface area contributed by atoms with E-state index in [0.29, 0.717) is 19.1 Å². The summed E-state index contributed by atoms with van der Waals surface area (Å²) in [5, 5.41) is 0. The molecule has 5 heteroatoms. The van der Waals surface area contributed by atoms with E-state index >= 15 is 0 Å². The van der Waals surface area contributed by atoms with Crippen LogP contribution in [0, 0.1) is 5.92 Å². The van der Waals surface area contributed by atoms with Gasteiger partial charge >= 0.3 is 0 Å². The molecule has 4 nitrogen and oxygen atoms in total. The van der Waals surface area contributed by atoms with Gasteiger partial charge in [-0.2, -0.15) is 0 Å². The fourth-order valence-corrected chi connectivity index (χ4v) is 2.49. The van der Waals surface area contributed by atoms with Gasteiger partial charge < -0.3 is 15.4 Å². The molecule has 1 fully saturated rings. The summed E-state index contributed by atoms with van der Waals surface area (Å²) in [6, 6.07) is 8.30. The standard InChI is InChI=1S/C16H25N3O.HI/c1-13-6-8-19(9-7-13)16(17)18-11-14-4-3-5-15(10-14)12-20-2;/h3-5,10,13H,6-9,11-12H2,1-2H3,(H2,17,18);1H. The van der Waals surface area contributed by atoms with E-state index in [4.69, 9.17) is 10.5 Å². The minimum Gasteiger partial charge on any atom is -0.380 e. The van der Waals surface area contributed by atoms with Crippen molar-refractivity contribution in [1.29, 1.82) is 0 Å². The number of nitrogens with two attached hydrogens (primary N) is 1. The van der Waals surface area contributed by atoms with Gasteiger partial charge in [0.25, 0.3) is 0 Å². The lowest BCUT2D eigenvalue weighted by Gasteiger charge is -2.31. The first-order valence-corrected chi connectivity index (χ1v) is 7.30. The quantitative estimate of drug-likeness (QED) is 0.478. The van der Waals surface area contributed by atoms with Crippen LogP contribution in [0.15, 0.2) is 29.3 Å². The van der Waals surface area contributed by atoms with Gasteiger partial charge in [0.1, 0.15) is 0 Å². The topological polar surface area (TPSA) is 50.9 Å². The Kier molecular flexibility index (Phi) is 8.03. The zero-order valence-electron chi connectivity index (χ0n) is 12.9. The Hall–Kier alpha value is -0.820. The zero-order chi connectivity index (χ0) is 14.4. The molecule has 0 bridgehead atoms. The van der Waals surface area contributed by atoms with Crippen molar-refractivity contribution in [1.82, 2.24) is 4.90 Å². The molecule has 1 aromatic carbocycles. The number of aliphatic imine (C=N–C) groups is 1. The molecule has 1 heterocycles. The summed E-state index contributed by atoms with van der Waals surface area (Å²) in [6.45, 7) is 5.62. The molecule has 0 amide bonds. The number of methoxy groups -OCH3 is 1. The second-order valence-electron chi connectivity index (χ2n) is 5.60. The first kappa shape index (κ1) is 18.2. The number of likely N-dealkylation sites (tertiary alicyclic amines) is 1. The van der Waals surface area contributed by atoms with Crippen LogP contribution in [0.5, 0.6) is 0 Å². The second kappa shape index (κ2) is 9.25. The number of hydrogen-bond donors (Lipinski definition) is 1. The molecule has 0 radical (unpaired) electrons. The Morgan fingerprint density at radius 1 is 1.33 bits per heavy atom. The lowest BCUT2D eigenvalue weighted by Crippen LogP contribution is -2.42. The van der Waals surface area contributed by atoms with Gasteiger partial charge in [0, 0.05) is 20.2 Å². The first-order valence-electron chi connectivity index (χ1n) is 7.30. The fourth-order valence-electron chi connectivity index (χ4n) is 2.49. The highest BCUT2D eigenvalue weighted by Crippen LogP contribution is 2.15. The lowest BCUT2D eigenvalue weighted by molar-refractivity contribution is 0.185. The molecule has 0 spiro atoms. The lowest BCUT2D eigenvalue weighted by atomic mass is 10.00. The predicted octanol–water partition coefficient (Wildman–Crippen LogP) is 3.00. The van der Waals surface area contributed by atoms with Crippen LogP contribution in [0.4, 0.5) is 0 Å². The molecule has 0 aliphatic carbocycles. The number of piperidine rings is 1. The van der Waals surface area contributed by atoms with Gasteiger partial charge in [-0.25, -0.2) is 4.99 Å². The minimum absolute atomic E-state index is 0. The van der Waals surface area contributed by atoms with Gasteiger partial charge in [-0.15, -0.1) is 24.0 Å². The normalized spacial score (nSPS) is 16.7. The molecular weight excluding hydrogens is 377 g/mol. The average molecular weight is 403 g/mol. The highest BCUT2D eigenvalue weighted by molar-refractivity contribution is 14.0. The summed E-state index contributed by atoms with van der Waals surface area (Å²) >= 11 is 0. The van der Waals surface area contributed by atoms with Crippen LogP contribution in [0.1, 0.15) is 30.9 Å². The van der Waals surface area contributed by atoms with E-state index in [2.05, 4.69) is 35.0 Å². The third-order valence-corrected chi connectivity index (χ3v) is 3.83. The van der Waals surface area contributed by atoms with E-state index < -0.39 is 0 Å². The third kappa shape index (κ3) is 5.82. The van der Waals surface area contributed by atoms with Gasteiger partial charge in [-0.1, -0.05) is 31.2 Å². The van der Waals surface area contributed by atoms with E-state index in [1.165, 1.54) is 24.0 Å². The van der Waals surface area contributed by atoms with Crippen LogP contribution >= 0.6 is 24.0 Å². The van der Waals surface area contributed by atoms with Crippen LogP contribution in [0.3, 0.4) is 0 Å². The number of rotatable bonds is 4. The summed E-state index contributed by atoms with van der Waals surface area (Å²) in [6.07, 6.45) is 2.42. The van der Waals surface area contributed by atoms with Crippen LogP contribution in [-0.2, 0) is 17.9 Å². The summed E-state index contributed by atoms with van der Waals surface area (Å²) in [5.74, 6) is 1.49. The Morgan fingerprint density at radius 3 is 2.67 bits per heavy atom. The number of benzene rings is 1. The minimum atomic E-state index is 0. The Bertz CT molecular complexity index is 457. The molecule has 118 valence electrons. The van der Waals surface area contributed by atoms with Crippen LogP contribution < -0.4 is 5.73 Å². The van der Waals surface area contributed by atoms with E-state index in [1.807, 2.05) is 6.07 Å². The van der Waals surface area contributed by atoms with Crippen LogP contribution in [-0.4, -0.2) is 31.1 Å². The number of hydrogen-bond acceptors (Lipinski definition) is 2. The monoisotopic (exact) mass is 403 g/mol. The molecule has 1 aliphatic rings. The van der Waals surface area contributed by atoms with Gasteiger partial charge in [-0.05, 0) is 29.9 Å². The zero-order valence-corrected chi connectivity index (χ0v) is 15.2. The van der Waals surface area contributed by atoms with Crippen LogP contribution in [0.25, 0.3) is 0 Å². The Labute approximate surface area is 144 Å². The van der Waals surface area contributed by atoms with Gasteiger partial charge in [0.2, 0.25) is 0 Å². The molecule has 0 saturated carbocycles. The summed E-state index contributed by atoms with van der Waals surface area (Å²) < 4.78 is 5.14. The van der Waals surface area contributed by atoms with Crippen molar-refractivity contribution in [2.45, 2.75) is 32.9 Å². The van der Waals surface area contributed by atoms with Crippen molar-refractivity contribution in [3.05, 3.63) is 35.4 Å². The molecule has 0 unspecified atom stereocenters. The second-order valence-corrected chi connectivity index (χ2v) is 5.60. The average Bonchev–Trinajstić information content (AvgIpc) is 2.46. The van der Waals surface area contributed by atoms with Crippen molar-refractivity contribution in [3.8, 4) is 0 Å². The third-order valence-electron chi connectivity index (χ3n) is 3.83. The largest absolute Gasteiger partial charge is 0.380 e. The van der Waals surface area contributed by atoms with E-state index in [0.717, 1.165) is 19.0 Å². The molecule has 0 aromatic heterocycles. The highest BCUT2D eigenvalue weighted by Gasteiger charge is 2.16. The van der Waals surface area contributed by atoms with E-state index in [1.54, 1.807) is 7.11 Å². The molecule has 1 saturated heterocycles. The maximum Gasteiger partial charge on any atom is 0.191 e. The highest BCUT2D eigenvalue weighted by atomic mass is 127. The maximum atomic E-state index is 6.09. The first-order chi connectivity index (χ1) is 9.69. The predicted molar refractivity (Wildman–Crippen MR) is 97.9 cm³/mol. The molecule has 0 atom stereocenters. The maximum absolute atomic E-state index is 6.09. The van der Waals surface area contributed by atoms with Crippen LogP contribution in [0.2, 0.25) is 0 Å². The van der Waals surface area contributed by atoms with E-state index in [-0.39, 0.29) is 24.0 Å². The molecule has 2 rings (SSSR count). The number of halogens is 1. The molecule has 2 N–H and O–H groups in total. The molecule has 21 heavy (non-hydrogen) atoms.